The largest absolute Gasteiger partial charge is 0.454 e. The smallest absolute Gasteiger partial charge is 0.231 e. The predicted molar refractivity (Wildman–Crippen MR) is 111 cm³/mol. The fraction of sp³-hybridized carbons (Fsp3) is 0.500. The quantitative estimate of drug-likeness (QED) is 0.538. The summed E-state index contributed by atoms with van der Waals surface area (Å²) in [5, 5.41) is 6.43. The van der Waals surface area contributed by atoms with Crippen LogP contribution in [0.1, 0.15) is 36.2 Å². The summed E-state index contributed by atoms with van der Waals surface area (Å²) in [5.74, 6) is 2.50. The van der Waals surface area contributed by atoms with E-state index in [1.165, 1.54) is 5.56 Å². The Balaban J connectivity index is 1.59. The van der Waals surface area contributed by atoms with Crippen molar-refractivity contribution in [2.45, 2.75) is 32.9 Å². The number of hydrogen-bond acceptors (Lipinski definition) is 6. The van der Waals surface area contributed by atoms with Crippen molar-refractivity contribution in [3.05, 3.63) is 39.8 Å². The molecule has 1 aromatic carbocycles. The monoisotopic (exact) mass is 404 g/mol. The SMILES string of the molecule is CCNC(=NCCc1ccc2c(c1)OCO2)N(C)Cc1csc(C(C)OC)n1. The van der Waals surface area contributed by atoms with Crippen molar-refractivity contribution >= 4 is 17.3 Å². The van der Waals surface area contributed by atoms with E-state index < -0.39 is 0 Å². The number of thiazole rings is 1. The zero-order valence-corrected chi connectivity index (χ0v) is 17.7. The molecule has 152 valence electrons. The van der Waals surface area contributed by atoms with Crippen molar-refractivity contribution in [3.8, 4) is 11.5 Å². The molecule has 8 heteroatoms. The van der Waals surface area contributed by atoms with Crippen molar-refractivity contribution in [1.29, 1.82) is 0 Å². The van der Waals surface area contributed by atoms with Crippen molar-refractivity contribution in [3.63, 3.8) is 0 Å². The van der Waals surface area contributed by atoms with Gasteiger partial charge in [-0.3, -0.25) is 4.99 Å². The third-order valence-corrected chi connectivity index (χ3v) is 5.52. The maximum absolute atomic E-state index is 5.44. The number of ether oxygens (including phenoxy) is 3. The van der Waals surface area contributed by atoms with E-state index in [9.17, 15) is 0 Å². The molecule has 28 heavy (non-hydrogen) atoms. The molecule has 1 atom stereocenters. The third-order valence-electron chi connectivity index (χ3n) is 4.47. The summed E-state index contributed by atoms with van der Waals surface area (Å²) in [6.07, 6.45) is 0.860. The summed E-state index contributed by atoms with van der Waals surface area (Å²) in [4.78, 5) is 11.5. The summed E-state index contributed by atoms with van der Waals surface area (Å²) >= 11 is 1.63. The van der Waals surface area contributed by atoms with Crippen LogP contribution in [0.4, 0.5) is 0 Å². The molecule has 2 aromatic rings. The molecule has 0 spiro atoms. The van der Waals surface area contributed by atoms with Gasteiger partial charge in [-0.05, 0) is 38.0 Å². The number of guanidine groups is 1. The molecule has 0 radical (unpaired) electrons. The van der Waals surface area contributed by atoms with Crippen molar-refractivity contribution in [1.82, 2.24) is 15.2 Å². The number of methoxy groups -OCH3 is 1. The molecule has 1 aromatic heterocycles. The maximum atomic E-state index is 5.44. The molecule has 1 N–H and O–H groups in total. The van der Waals surface area contributed by atoms with Crippen LogP contribution in [0.15, 0.2) is 28.6 Å². The lowest BCUT2D eigenvalue weighted by molar-refractivity contribution is 0.119. The highest BCUT2D eigenvalue weighted by atomic mass is 32.1. The molecule has 0 fully saturated rings. The first-order valence-corrected chi connectivity index (χ1v) is 10.3. The van der Waals surface area contributed by atoms with Gasteiger partial charge in [-0.25, -0.2) is 4.98 Å². The molecule has 7 nitrogen and oxygen atoms in total. The van der Waals surface area contributed by atoms with Crippen molar-refractivity contribution in [2.24, 2.45) is 4.99 Å². The molecule has 0 saturated carbocycles. The van der Waals surface area contributed by atoms with E-state index in [1.807, 2.05) is 26.1 Å². The number of fused-ring (bicyclic) bond motifs is 1. The Bertz CT molecular complexity index is 808. The highest BCUT2D eigenvalue weighted by Crippen LogP contribution is 2.32. The van der Waals surface area contributed by atoms with Crippen LogP contribution >= 0.6 is 11.3 Å². The maximum Gasteiger partial charge on any atom is 0.231 e. The molecular formula is C20H28N4O3S. The normalized spacial score (nSPS) is 14.2. The first-order chi connectivity index (χ1) is 13.6. The zero-order chi connectivity index (χ0) is 19.9. The first-order valence-electron chi connectivity index (χ1n) is 9.45. The second kappa shape index (κ2) is 9.75. The minimum Gasteiger partial charge on any atom is -0.454 e. The molecule has 3 rings (SSSR count). The first kappa shape index (κ1) is 20.4. The van der Waals surface area contributed by atoms with Gasteiger partial charge >= 0.3 is 0 Å². The second-order valence-corrected chi connectivity index (χ2v) is 7.47. The van der Waals surface area contributed by atoms with E-state index in [0.717, 1.165) is 41.1 Å². The molecule has 0 bridgehead atoms. The molecule has 0 aliphatic carbocycles. The Hall–Kier alpha value is -2.32. The lowest BCUT2D eigenvalue weighted by Gasteiger charge is -2.21. The molecule has 2 heterocycles. The Kier molecular flexibility index (Phi) is 7.11. The number of hydrogen-bond donors (Lipinski definition) is 1. The summed E-state index contributed by atoms with van der Waals surface area (Å²) in [6.45, 7) is 6.58. The molecule has 1 aliphatic rings. The van der Waals surface area contributed by atoms with Crippen LogP contribution < -0.4 is 14.8 Å². The van der Waals surface area contributed by atoms with Crippen LogP contribution in [0.5, 0.6) is 11.5 Å². The average Bonchev–Trinajstić information content (AvgIpc) is 3.35. The Morgan fingerprint density at radius 3 is 3.00 bits per heavy atom. The van der Waals surface area contributed by atoms with Gasteiger partial charge in [-0.1, -0.05) is 6.07 Å². The lowest BCUT2D eigenvalue weighted by atomic mass is 10.1. The van der Waals surface area contributed by atoms with E-state index >= 15 is 0 Å². The van der Waals surface area contributed by atoms with Crippen LogP contribution in [-0.2, 0) is 17.7 Å². The predicted octanol–water partition coefficient (Wildman–Crippen LogP) is 3.22. The number of aromatic nitrogens is 1. The van der Waals surface area contributed by atoms with Crippen LogP contribution in [0, 0.1) is 0 Å². The lowest BCUT2D eigenvalue weighted by Crippen LogP contribution is -2.38. The Morgan fingerprint density at radius 1 is 1.39 bits per heavy atom. The van der Waals surface area contributed by atoms with Gasteiger partial charge < -0.3 is 24.4 Å². The van der Waals surface area contributed by atoms with E-state index in [-0.39, 0.29) is 6.10 Å². The Morgan fingerprint density at radius 2 is 2.21 bits per heavy atom. The molecule has 0 amide bonds. The fourth-order valence-electron chi connectivity index (χ4n) is 2.86. The van der Waals surface area contributed by atoms with Crippen LogP contribution in [0.3, 0.4) is 0 Å². The van der Waals surface area contributed by atoms with E-state index in [4.69, 9.17) is 19.2 Å². The number of aliphatic imine (C=N–C) groups is 1. The standard InChI is InChI=1S/C20H28N4O3S/c1-5-21-20(24(3)11-16-12-28-19(23-16)14(2)25-4)22-9-8-15-6-7-17-18(10-15)27-13-26-17/h6-7,10,12,14H,5,8-9,11,13H2,1-4H3,(H,21,22). The summed E-state index contributed by atoms with van der Waals surface area (Å²) in [7, 11) is 3.73. The summed E-state index contributed by atoms with van der Waals surface area (Å²) in [6, 6.07) is 6.05. The minimum absolute atomic E-state index is 0.0210. The van der Waals surface area contributed by atoms with Gasteiger partial charge in [-0.15, -0.1) is 11.3 Å². The van der Waals surface area contributed by atoms with Crippen LogP contribution in [0.25, 0.3) is 0 Å². The summed E-state index contributed by atoms with van der Waals surface area (Å²) < 4.78 is 16.1. The van der Waals surface area contributed by atoms with Gasteiger partial charge in [-0.2, -0.15) is 0 Å². The number of benzene rings is 1. The van der Waals surface area contributed by atoms with Gasteiger partial charge in [0.25, 0.3) is 0 Å². The minimum atomic E-state index is 0.0210. The van der Waals surface area contributed by atoms with Crippen LogP contribution in [-0.4, -0.2) is 49.9 Å². The van der Waals surface area contributed by atoms with Gasteiger partial charge in [0.05, 0.1) is 12.2 Å². The average molecular weight is 405 g/mol. The highest BCUT2D eigenvalue weighted by Gasteiger charge is 2.14. The second-order valence-electron chi connectivity index (χ2n) is 6.58. The molecule has 0 saturated heterocycles. The van der Waals surface area contributed by atoms with Crippen LogP contribution in [0.2, 0.25) is 0 Å². The number of nitrogens with zero attached hydrogens (tertiary/aromatic N) is 3. The highest BCUT2D eigenvalue weighted by molar-refractivity contribution is 7.09. The molecule has 1 aliphatic heterocycles. The van der Waals surface area contributed by atoms with Gasteiger partial charge in [0.2, 0.25) is 6.79 Å². The van der Waals surface area contributed by atoms with E-state index in [2.05, 4.69) is 33.6 Å². The van der Waals surface area contributed by atoms with Crippen molar-refractivity contribution in [2.75, 3.05) is 34.0 Å². The third kappa shape index (κ3) is 5.14. The molecule has 1 unspecified atom stereocenters. The summed E-state index contributed by atoms with van der Waals surface area (Å²) in [5.41, 5.74) is 2.21. The Labute approximate surface area is 170 Å². The number of nitrogens with one attached hydrogen (secondary N) is 1. The van der Waals surface area contributed by atoms with Gasteiger partial charge in [0, 0.05) is 32.6 Å². The van der Waals surface area contributed by atoms with Crippen molar-refractivity contribution < 1.29 is 14.2 Å². The topological polar surface area (TPSA) is 68.2 Å². The van der Waals surface area contributed by atoms with E-state index in [1.54, 1.807) is 18.4 Å². The fourth-order valence-corrected chi connectivity index (χ4v) is 3.70. The van der Waals surface area contributed by atoms with Gasteiger partial charge in [0.15, 0.2) is 17.5 Å². The number of rotatable bonds is 8. The molecular weight excluding hydrogens is 376 g/mol. The van der Waals surface area contributed by atoms with E-state index in [0.29, 0.717) is 19.9 Å². The van der Waals surface area contributed by atoms with Gasteiger partial charge in [0.1, 0.15) is 11.1 Å². The zero-order valence-electron chi connectivity index (χ0n) is 16.9.